The van der Waals surface area contributed by atoms with Crippen LogP contribution in [0.5, 0.6) is 11.8 Å². The molecule has 0 radical (unpaired) electrons. The molecule has 8 rings (SSSR count). The van der Waals surface area contributed by atoms with Gasteiger partial charge in [-0.1, -0.05) is 35.9 Å². The number of piperazine rings is 1. The molecular formula is C32H32ClF2N5O2. The normalized spacial score (nSPS) is 27.3. The van der Waals surface area contributed by atoms with Gasteiger partial charge in [0.2, 0.25) is 0 Å². The Morgan fingerprint density at radius 3 is 2.71 bits per heavy atom. The Morgan fingerprint density at radius 1 is 1.07 bits per heavy atom. The van der Waals surface area contributed by atoms with Crippen LogP contribution in [0.3, 0.4) is 0 Å². The van der Waals surface area contributed by atoms with Gasteiger partial charge in [-0.05, 0) is 66.8 Å². The van der Waals surface area contributed by atoms with Crippen molar-refractivity contribution in [2.45, 2.75) is 55.9 Å². The Morgan fingerprint density at radius 2 is 1.88 bits per heavy atom. The van der Waals surface area contributed by atoms with E-state index in [1.54, 1.807) is 12.1 Å². The van der Waals surface area contributed by atoms with E-state index in [-0.39, 0.29) is 40.0 Å². The van der Waals surface area contributed by atoms with Gasteiger partial charge in [0, 0.05) is 49.1 Å². The minimum atomic E-state index is -0.877. The average molecular weight is 592 g/mol. The Hall–Kier alpha value is -3.27. The minimum Gasteiger partial charge on any atom is -0.508 e. The molecule has 5 heterocycles. The molecule has 1 aromatic heterocycles. The zero-order chi connectivity index (χ0) is 28.6. The largest absolute Gasteiger partial charge is 0.508 e. The molecule has 7 nitrogen and oxygen atoms in total. The lowest BCUT2D eigenvalue weighted by atomic mass is 9.95. The molecule has 4 atom stereocenters. The van der Waals surface area contributed by atoms with E-state index in [1.165, 1.54) is 6.07 Å². The van der Waals surface area contributed by atoms with Crippen molar-refractivity contribution in [2.75, 3.05) is 37.7 Å². The predicted molar refractivity (Wildman–Crippen MR) is 160 cm³/mol. The summed E-state index contributed by atoms with van der Waals surface area (Å²) < 4.78 is 37.5. The van der Waals surface area contributed by atoms with Crippen LogP contribution in [-0.4, -0.2) is 76.6 Å². The molecule has 4 aliphatic heterocycles. The highest BCUT2D eigenvalue weighted by atomic mass is 35.5. The van der Waals surface area contributed by atoms with Crippen molar-refractivity contribution in [3.8, 4) is 22.9 Å². The molecule has 0 amide bonds. The number of anilines is 1. The lowest BCUT2D eigenvalue weighted by Gasteiger charge is -2.34. The molecule has 2 unspecified atom stereocenters. The van der Waals surface area contributed by atoms with E-state index in [0.29, 0.717) is 41.8 Å². The fourth-order valence-electron chi connectivity index (χ4n) is 7.83. The SMILES string of the molecule is Oc1cc(-c2c(Cl)cc3c(N4CC5CCC(C4)N5)nc(OC[C@@]45CCCN4C[C@@H](F)C5)nc3c2F)c2ccccc2c1. The summed E-state index contributed by atoms with van der Waals surface area (Å²) in [5, 5.41) is 16.4. The fourth-order valence-corrected chi connectivity index (χ4v) is 8.13. The van der Waals surface area contributed by atoms with Crippen molar-refractivity contribution < 1.29 is 18.6 Å². The quantitative estimate of drug-likeness (QED) is 0.302. The number of alkyl halides is 1. The molecule has 4 aliphatic rings. The van der Waals surface area contributed by atoms with Gasteiger partial charge < -0.3 is 20.1 Å². The van der Waals surface area contributed by atoms with Gasteiger partial charge in [0.15, 0.2) is 5.82 Å². The lowest BCUT2D eigenvalue weighted by molar-refractivity contribution is 0.107. The molecule has 218 valence electrons. The molecule has 2 N–H and O–H groups in total. The Bertz CT molecular complexity index is 1710. The number of nitrogens with one attached hydrogen (secondary N) is 1. The van der Waals surface area contributed by atoms with Crippen molar-refractivity contribution >= 4 is 39.1 Å². The first kappa shape index (κ1) is 26.4. The molecule has 2 bridgehead atoms. The number of aromatic nitrogens is 2. The number of fused-ring (bicyclic) bond motifs is 5. The molecular weight excluding hydrogens is 560 g/mol. The molecule has 4 aromatic rings. The third-order valence-electron chi connectivity index (χ3n) is 9.71. The first-order valence-corrected chi connectivity index (χ1v) is 15.2. The Kier molecular flexibility index (Phi) is 6.21. The summed E-state index contributed by atoms with van der Waals surface area (Å²) in [6, 6.07) is 13.2. The third-order valence-corrected chi connectivity index (χ3v) is 10.0. The summed E-state index contributed by atoms with van der Waals surface area (Å²) in [6.45, 7) is 3.00. The maximum atomic E-state index is 16.8. The number of halogens is 3. The second kappa shape index (κ2) is 9.89. The monoisotopic (exact) mass is 591 g/mol. The van der Waals surface area contributed by atoms with Crippen molar-refractivity contribution in [2.24, 2.45) is 0 Å². The number of rotatable bonds is 5. The minimum absolute atomic E-state index is 0.0195. The van der Waals surface area contributed by atoms with Crippen molar-refractivity contribution in [1.82, 2.24) is 20.2 Å². The molecule has 3 aromatic carbocycles. The molecule has 4 fully saturated rings. The number of phenolic OH excluding ortho intramolecular Hbond substituents is 1. The smallest absolute Gasteiger partial charge is 0.319 e. The van der Waals surface area contributed by atoms with E-state index in [0.717, 1.165) is 56.1 Å². The van der Waals surface area contributed by atoms with Gasteiger partial charge in [0.1, 0.15) is 29.9 Å². The van der Waals surface area contributed by atoms with E-state index >= 15 is 4.39 Å². The van der Waals surface area contributed by atoms with Crippen LogP contribution in [-0.2, 0) is 0 Å². The highest BCUT2D eigenvalue weighted by Gasteiger charge is 2.49. The summed E-state index contributed by atoms with van der Waals surface area (Å²) in [5.41, 5.74) is 0.390. The molecule has 0 saturated carbocycles. The van der Waals surface area contributed by atoms with Gasteiger partial charge in [-0.2, -0.15) is 9.97 Å². The maximum absolute atomic E-state index is 16.8. The molecule has 0 spiro atoms. The van der Waals surface area contributed by atoms with Crippen molar-refractivity contribution in [1.29, 1.82) is 0 Å². The fraction of sp³-hybridized carbons (Fsp3) is 0.438. The first-order valence-electron chi connectivity index (χ1n) is 14.8. The summed E-state index contributed by atoms with van der Waals surface area (Å²) in [6.07, 6.45) is 3.57. The van der Waals surface area contributed by atoms with Gasteiger partial charge >= 0.3 is 6.01 Å². The number of ether oxygens (including phenoxy) is 1. The van der Waals surface area contributed by atoms with Gasteiger partial charge in [-0.3, -0.25) is 4.90 Å². The van der Waals surface area contributed by atoms with Crippen LogP contribution in [0.4, 0.5) is 14.6 Å². The molecule has 10 heteroatoms. The van der Waals surface area contributed by atoms with E-state index in [9.17, 15) is 9.50 Å². The van der Waals surface area contributed by atoms with Crippen LogP contribution in [0.15, 0.2) is 42.5 Å². The molecule has 42 heavy (non-hydrogen) atoms. The average Bonchev–Trinajstić information content (AvgIpc) is 3.62. The van der Waals surface area contributed by atoms with E-state index in [2.05, 4.69) is 20.1 Å². The topological polar surface area (TPSA) is 73.8 Å². The number of nitrogens with zero attached hydrogens (tertiary/aromatic N) is 4. The number of benzene rings is 3. The summed E-state index contributed by atoms with van der Waals surface area (Å²) in [7, 11) is 0. The highest BCUT2D eigenvalue weighted by Crippen LogP contribution is 2.44. The zero-order valence-corrected chi connectivity index (χ0v) is 23.9. The second-order valence-electron chi connectivity index (χ2n) is 12.4. The van der Waals surface area contributed by atoms with Crippen LogP contribution < -0.4 is 15.0 Å². The van der Waals surface area contributed by atoms with E-state index in [4.69, 9.17) is 21.3 Å². The summed E-state index contributed by atoms with van der Waals surface area (Å²) >= 11 is 6.86. The van der Waals surface area contributed by atoms with Crippen LogP contribution in [0.25, 0.3) is 32.8 Å². The van der Waals surface area contributed by atoms with Gasteiger partial charge in [0.05, 0.1) is 10.6 Å². The second-order valence-corrected chi connectivity index (χ2v) is 12.8. The number of hydrogen-bond acceptors (Lipinski definition) is 7. The van der Waals surface area contributed by atoms with Crippen molar-refractivity contribution in [3.05, 3.63) is 53.3 Å². The third kappa shape index (κ3) is 4.28. The van der Waals surface area contributed by atoms with E-state index in [1.807, 2.05) is 24.3 Å². The van der Waals surface area contributed by atoms with Gasteiger partial charge in [0.25, 0.3) is 0 Å². The number of hydrogen-bond donors (Lipinski definition) is 2. The van der Waals surface area contributed by atoms with Crippen LogP contribution in [0, 0.1) is 5.82 Å². The van der Waals surface area contributed by atoms with E-state index < -0.39 is 12.0 Å². The predicted octanol–water partition coefficient (Wildman–Crippen LogP) is 5.84. The van der Waals surface area contributed by atoms with Crippen LogP contribution in [0.1, 0.15) is 32.1 Å². The Labute approximate surface area is 247 Å². The maximum Gasteiger partial charge on any atom is 0.319 e. The summed E-state index contributed by atoms with van der Waals surface area (Å²) in [5.74, 6) is 0.0216. The number of aromatic hydroxyl groups is 1. The molecule has 0 aliphatic carbocycles. The number of phenols is 1. The Balaban J connectivity index is 1.27. The zero-order valence-electron chi connectivity index (χ0n) is 23.1. The first-order chi connectivity index (χ1) is 20.4. The van der Waals surface area contributed by atoms with Crippen molar-refractivity contribution in [3.63, 3.8) is 0 Å². The highest BCUT2D eigenvalue weighted by molar-refractivity contribution is 6.35. The summed E-state index contributed by atoms with van der Waals surface area (Å²) in [4.78, 5) is 13.8. The standard InChI is InChI=1S/C32H32ClF2N5O2/c33-26-12-25-29(28(35)27(26)24-11-22(41)10-18-4-1-2-5-23(18)24)37-31(38-30(25)39-15-20-6-7-21(16-39)36-20)42-17-32-8-3-9-40(32)14-19(34)13-32/h1-2,4-5,10-12,19-21,36,41H,3,6-9,13-17H2/t19-,20?,21?,32-/m0/s1. The van der Waals surface area contributed by atoms with Gasteiger partial charge in [-0.15, -0.1) is 0 Å². The van der Waals surface area contributed by atoms with Gasteiger partial charge in [-0.25, -0.2) is 8.78 Å². The van der Waals surface area contributed by atoms with Crippen LogP contribution >= 0.6 is 11.6 Å². The van der Waals surface area contributed by atoms with Crippen LogP contribution in [0.2, 0.25) is 5.02 Å². The molecule has 4 saturated heterocycles. The lowest BCUT2D eigenvalue weighted by Crippen LogP contribution is -2.51.